The highest BCUT2D eigenvalue weighted by molar-refractivity contribution is 5.77. The Hall–Kier alpha value is -1.75. The molecule has 3 atom stereocenters. The van der Waals surface area contributed by atoms with Gasteiger partial charge in [-0.1, -0.05) is 6.92 Å². The summed E-state index contributed by atoms with van der Waals surface area (Å²) in [5.41, 5.74) is 1.67. The number of hydrogen-bond donors (Lipinski definition) is 2. The van der Waals surface area contributed by atoms with Crippen molar-refractivity contribution in [3.63, 3.8) is 0 Å². The fraction of sp³-hybridized carbons (Fsp3) is 0.562. The van der Waals surface area contributed by atoms with E-state index in [0.29, 0.717) is 11.3 Å². The Morgan fingerprint density at radius 2 is 2.29 bits per heavy atom. The number of benzene rings is 1. The monoisotopic (exact) mass is 293 g/mol. The van der Waals surface area contributed by atoms with E-state index in [1.54, 1.807) is 13.2 Å². The van der Waals surface area contributed by atoms with Crippen LogP contribution in [0, 0.1) is 0 Å². The van der Waals surface area contributed by atoms with Gasteiger partial charge in [-0.05, 0) is 32.4 Å². The van der Waals surface area contributed by atoms with Crippen LogP contribution >= 0.6 is 0 Å². The third kappa shape index (κ3) is 3.29. The molecule has 0 aromatic heterocycles. The van der Waals surface area contributed by atoms with E-state index in [9.17, 15) is 9.90 Å². The molecule has 0 radical (unpaired) electrons. The van der Waals surface area contributed by atoms with Crippen molar-refractivity contribution in [3.8, 4) is 11.5 Å². The summed E-state index contributed by atoms with van der Waals surface area (Å²) in [6.45, 7) is 5.98. The number of carboxylic acids is 1. The zero-order valence-corrected chi connectivity index (χ0v) is 13.0. The second kappa shape index (κ2) is 6.35. The molecule has 0 saturated carbocycles. The van der Waals surface area contributed by atoms with Gasteiger partial charge < -0.3 is 14.6 Å². The predicted molar refractivity (Wildman–Crippen MR) is 80.1 cm³/mol. The van der Waals surface area contributed by atoms with Crippen molar-refractivity contribution in [3.05, 3.63) is 23.3 Å². The van der Waals surface area contributed by atoms with E-state index in [1.165, 1.54) is 0 Å². The first-order valence-corrected chi connectivity index (χ1v) is 7.32. The average molecular weight is 293 g/mol. The number of nitrogens with one attached hydrogen (secondary N) is 1. The van der Waals surface area contributed by atoms with Crippen LogP contribution in [-0.2, 0) is 11.2 Å². The van der Waals surface area contributed by atoms with Crippen LogP contribution in [-0.4, -0.2) is 30.3 Å². The Balaban J connectivity index is 2.40. The lowest BCUT2D eigenvalue weighted by Gasteiger charge is -2.22. The lowest BCUT2D eigenvalue weighted by atomic mass is 10.0. The first-order chi connectivity index (χ1) is 9.96. The Kier molecular flexibility index (Phi) is 4.73. The van der Waals surface area contributed by atoms with Gasteiger partial charge in [0.1, 0.15) is 23.6 Å². The van der Waals surface area contributed by atoms with E-state index in [1.807, 2.05) is 26.8 Å². The molecule has 0 aliphatic carbocycles. The first kappa shape index (κ1) is 15.6. The highest BCUT2D eigenvalue weighted by atomic mass is 16.5. The molecule has 5 nitrogen and oxygen atoms in total. The SMILES string of the molecule is CCC(C)NC(C(=O)O)c1cc2c(cc1OC)CC(C)O2. The van der Waals surface area contributed by atoms with Crippen molar-refractivity contribution in [2.24, 2.45) is 0 Å². The Labute approximate surface area is 125 Å². The number of methoxy groups -OCH3 is 1. The van der Waals surface area contributed by atoms with Crippen LogP contribution in [0.15, 0.2) is 12.1 Å². The van der Waals surface area contributed by atoms with E-state index in [4.69, 9.17) is 9.47 Å². The standard InChI is InChI=1S/C16H23NO4/c1-5-9(2)17-15(16(18)19)12-8-13-11(6-10(3)21-13)7-14(12)20-4/h7-10,15,17H,5-6H2,1-4H3,(H,18,19). The molecule has 1 heterocycles. The van der Waals surface area contributed by atoms with Gasteiger partial charge in [-0.2, -0.15) is 0 Å². The Morgan fingerprint density at radius 1 is 1.57 bits per heavy atom. The largest absolute Gasteiger partial charge is 0.496 e. The van der Waals surface area contributed by atoms with Crippen molar-refractivity contribution >= 4 is 5.97 Å². The Morgan fingerprint density at radius 3 is 2.86 bits per heavy atom. The molecule has 5 heteroatoms. The van der Waals surface area contributed by atoms with Crippen LogP contribution < -0.4 is 14.8 Å². The molecule has 0 saturated heterocycles. The number of ether oxygens (including phenoxy) is 2. The highest BCUT2D eigenvalue weighted by Gasteiger charge is 2.29. The van der Waals surface area contributed by atoms with Gasteiger partial charge in [-0.15, -0.1) is 0 Å². The van der Waals surface area contributed by atoms with Crippen LogP contribution in [0.25, 0.3) is 0 Å². The molecular weight excluding hydrogens is 270 g/mol. The molecule has 1 aliphatic heterocycles. The molecule has 1 aromatic carbocycles. The van der Waals surface area contributed by atoms with Gasteiger partial charge >= 0.3 is 5.97 Å². The second-order valence-corrected chi connectivity index (χ2v) is 5.58. The number of fused-ring (bicyclic) bond motifs is 1. The maximum atomic E-state index is 11.6. The molecule has 0 spiro atoms. The zero-order chi connectivity index (χ0) is 15.6. The van der Waals surface area contributed by atoms with Gasteiger partial charge in [0, 0.05) is 23.6 Å². The van der Waals surface area contributed by atoms with E-state index >= 15 is 0 Å². The summed E-state index contributed by atoms with van der Waals surface area (Å²) in [6.07, 6.45) is 1.79. The fourth-order valence-corrected chi connectivity index (χ4v) is 2.55. The predicted octanol–water partition coefficient (Wildman–Crippen LogP) is 2.53. The lowest BCUT2D eigenvalue weighted by Crippen LogP contribution is -2.35. The van der Waals surface area contributed by atoms with E-state index < -0.39 is 12.0 Å². The van der Waals surface area contributed by atoms with Gasteiger partial charge in [0.15, 0.2) is 0 Å². The minimum atomic E-state index is -0.917. The molecule has 0 amide bonds. The molecule has 0 fully saturated rings. The molecule has 3 unspecified atom stereocenters. The summed E-state index contributed by atoms with van der Waals surface area (Å²) in [7, 11) is 1.56. The molecule has 2 rings (SSSR count). The number of carbonyl (C=O) groups is 1. The number of aliphatic carboxylic acids is 1. The van der Waals surface area contributed by atoms with Crippen molar-refractivity contribution in [1.82, 2.24) is 5.32 Å². The normalized spacial score (nSPS) is 19.5. The van der Waals surface area contributed by atoms with Crippen molar-refractivity contribution < 1.29 is 19.4 Å². The van der Waals surface area contributed by atoms with Crippen molar-refractivity contribution in [1.29, 1.82) is 0 Å². The summed E-state index contributed by atoms with van der Waals surface area (Å²) >= 11 is 0. The number of rotatable bonds is 6. The molecule has 2 N–H and O–H groups in total. The van der Waals surface area contributed by atoms with Crippen LogP contribution in [0.4, 0.5) is 0 Å². The van der Waals surface area contributed by atoms with Crippen LogP contribution in [0.3, 0.4) is 0 Å². The van der Waals surface area contributed by atoms with E-state index in [0.717, 1.165) is 24.2 Å². The average Bonchev–Trinajstić information content (AvgIpc) is 2.81. The lowest BCUT2D eigenvalue weighted by molar-refractivity contribution is -0.139. The molecule has 0 bridgehead atoms. The molecule has 116 valence electrons. The third-order valence-electron chi connectivity index (χ3n) is 3.87. The summed E-state index contributed by atoms with van der Waals surface area (Å²) in [5.74, 6) is 0.435. The van der Waals surface area contributed by atoms with E-state index in [2.05, 4.69) is 5.32 Å². The molecule has 21 heavy (non-hydrogen) atoms. The fourth-order valence-electron chi connectivity index (χ4n) is 2.55. The summed E-state index contributed by atoms with van der Waals surface area (Å²) in [6, 6.07) is 2.98. The smallest absolute Gasteiger partial charge is 0.325 e. The van der Waals surface area contributed by atoms with Gasteiger partial charge in [-0.3, -0.25) is 10.1 Å². The summed E-state index contributed by atoms with van der Waals surface area (Å²) in [4.78, 5) is 11.6. The second-order valence-electron chi connectivity index (χ2n) is 5.58. The van der Waals surface area contributed by atoms with Gasteiger partial charge in [0.25, 0.3) is 0 Å². The molecular formula is C16H23NO4. The highest BCUT2D eigenvalue weighted by Crippen LogP contribution is 2.37. The minimum absolute atomic E-state index is 0.101. The Bertz CT molecular complexity index is 529. The van der Waals surface area contributed by atoms with Crippen LogP contribution in [0.1, 0.15) is 44.4 Å². The van der Waals surface area contributed by atoms with Gasteiger partial charge in [0.2, 0.25) is 0 Å². The van der Waals surface area contributed by atoms with Crippen molar-refractivity contribution in [2.45, 2.75) is 51.8 Å². The minimum Gasteiger partial charge on any atom is -0.496 e. The molecule has 1 aliphatic rings. The van der Waals surface area contributed by atoms with Crippen LogP contribution in [0.2, 0.25) is 0 Å². The number of hydrogen-bond acceptors (Lipinski definition) is 4. The zero-order valence-electron chi connectivity index (χ0n) is 13.0. The first-order valence-electron chi connectivity index (χ1n) is 7.32. The summed E-state index contributed by atoms with van der Waals surface area (Å²) < 4.78 is 11.1. The van der Waals surface area contributed by atoms with E-state index in [-0.39, 0.29) is 12.1 Å². The van der Waals surface area contributed by atoms with Crippen LogP contribution in [0.5, 0.6) is 11.5 Å². The third-order valence-corrected chi connectivity index (χ3v) is 3.87. The number of carboxylic acid groups (broad SMARTS) is 1. The van der Waals surface area contributed by atoms with Gasteiger partial charge in [0.05, 0.1) is 7.11 Å². The van der Waals surface area contributed by atoms with Gasteiger partial charge in [-0.25, -0.2) is 0 Å². The maximum Gasteiger partial charge on any atom is 0.325 e. The molecule has 1 aromatic rings. The maximum absolute atomic E-state index is 11.6. The van der Waals surface area contributed by atoms with Crippen molar-refractivity contribution in [2.75, 3.05) is 7.11 Å². The quantitative estimate of drug-likeness (QED) is 0.843. The summed E-state index contributed by atoms with van der Waals surface area (Å²) in [5, 5.41) is 12.7. The topological polar surface area (TPSA) is 67.8 Å².